The molecule has 1 aliphatic heterocycles. The van der Waals surface area contributed by atoms with Crippen LogP contribution in [0.4, 0.5) is 5.69 Å². The Morgan fingerprint density at radius 1 is 1.26 bits per heavy atom. The number of rotatable bonds is 2. The summed E-state index contributed by atoms with van der Waals surface area (Å²) in [4.78, 5) is 16.4. The molecule has 1 aromatic carbocycles. The van der Waals surface area contributed by atoms with Crippen molar-refractivity contribution in [2.24, 2.45) is 0 Å². The number of nitrogens with zero attached hydrogens (tertiary/aromatic N) is 2. The van der Waals surface area contributed by atoms with E-state index in [1.54, 1.807) is 0 Å². The number of benzene rings is 1. The zero-order valence-electron chi connectivity index (χ0n) is 12.1. The molecule has 4 nitrogen and oxygen atoms in total. The van der Waals surface area contributed by atoms with Gasteiger partial charge in [-0.2, -0.15) is 0 Å². The van der Waals surface area contributed by atoms with Gasteiger partial charge in [-0.15, -0.1) is 0 Å². The molecule has 104 valence electrons. The molecule has 2 rings (SSSR count). The van der Waals surface area contributed by atoms with E-state index in [4.69, 9.17) is 4.74 Å². The van der Waals surface area contributed by atoms with Crippen molar-refractivity contribution in [1.82, 2.24) is 4.90 Å². The fourth-order valence-corrected chi connectivity index (χ4v) is 2.44. The van der Waals surface area contributed by atoms with Crippen LogP contribution in [-0.4, -0.2) is 50.2 Å². The van der Waals surface area contributed by atoms with Gasteiger partial charge in [0.25, 0.3) is 5.91 Å². The molecule has 0 radical (unpaired) electrons. The van der Waals surface area contributed by atoms with Gasteiger partial charge in [0.2, 0.25) is 0 Å². The summed E-state index contributed by atoms with van der Waals surface area (Å²) in [5.41, 5.74) is 1.78. The van der Waals surface area contributed by atoms with E-state index in [1.165, 1.54) is 0 Å². The quantitative estimate of drug-likeness (QED) is 0.817. The second-order valence-corrected chi connectivity index (χ2v) is 5.41. The van der Waals surface area contributed by atoms with Gasteiger partial charge < -0.3 is 14.5 Å². The first kappa shape index (κ1) is 13.9. The standard InChI is InChI=1S/C15H22N2O2/c1-11-9-17(10-12(2)19-11)15(18)13-6-5-7-14(8-13)16(3)4/h5-8,11-12H,9-10H2,1-4H3. The Morgan fingerprint density at radius 3 is 2.47 bits per heavy atom. The van der Waals surface area contributed by atoms with Crippen molar-refractivity contribution in [2.75, 3.05) is 32.1 Å². The third-order valence-electron chi connectivity index (χ3n) is 3.32. The summed E-state index contributed by atoms with van der Waals surface area (Å²) in [6.07, 6.45) is 0.203. The molecule has 0 bridgehead atoms. The number of carbonyl (C=O) groups is 1. The summed E-state index contributed by atoms with van der Waals surface area (Å²) >= 11 is 0. The number of carbonyl (C=O) groups excluding carboxylic acids is 1. The van der Waals surface area contributed by atoms with Gasteiger partial charge in [-0.05, 0) is 32.0 Å². The van der Waals surface area contributed by atoms with Crippen LogP contribution in [-0.2, 0) is 4.74 Å². The van der Waals surface area contributed by atoms with E-state index in [9.17, 15) is 4.79 Å². The molecule has 1 amide bonds. The molecule has 1 heterocycles. The average molecular weight is 262 g/mol. The van der Waals surface area contributed by atoms with E-state index in [0.717, 1.165) is 11.3 Å². The molecule has 1 aliphatic rings. The van der Waals surface area contributed by atoms with Crippen LogP contribution in [0.2, 0.25) is 0 Å². The van der Waals surface area contributed by atoms with Crippen molar-refractivity contribution in [3.05, 3.63) is 29.8 Å². The van der Waals surface area contributed by atoms with Gasteiger partial charge in [0.15, 0.2) is 0 Å². The van der Waals surface area contributed by atoms with Crippen molar-refractivity contribution in [1.29, 1.82) is 0 Å². The number of hydrogen-bond donors (Lipinski definition) is 0. The maximum absolute atomic E-state index is 12.5. The highest BCUT2D eigenvalue weighted by Gasteiger charge is 2.26. The molecule has 2 unspecified atom stereocenters. The van der Waals surface area contributed by atoms with Crippen LogP contribution >= 0.6 is 0 Å². The van der Waals surface area contributed by atoms with Crippen LogP contribution in [0.15, 0.2) is 24.3 Å². The number of ether oxygens (including phenoxy) is 1. The van der Waals surface area contributed by atoms with Crippen molar-refractivity contribution in [2.45, 2.75) is 26.1 Å². The van der Waals surface area contributed by atoms with Gasteiger partial charge in [-0.1, -0.05) is 6.07 Å². The van der Waals surface area contributed by atoms with Crippen molar-refractivity contribution >= 4 is 11.6 Å². The van der Waals surface area contributed by atoms with E-state index < -0.39 is 0 Å². The highest BCUT2D eigenvalue weighted by Crippen LogP contribution is 2.18. The summed E-state index contributed by atoms with van der Waals surface area (Å²) in [5.74, 6) is 0.0886. The van der Waals surface area contributed by atoms with E-state index in [0.29, 0.717) is 13.1 Å². The molecule has 1 saturated heterocycles. The van der Waals surface area contributed by atoms with Crippen molar-refractivity contribution in [3.63, 3.8) is 0 Å². The highest BCUT2D eigenvalue weighted by atomic mass is 16.5. The first-order valence-corrected chi connectivity index (χ1v) is 6.69. The smallest absolute Gasteiger partial charge is 0.254 e. The van der Waals surface area contributed by atoms with Gasteiger partial charge in [0.05, 0.1) is 12.2 Å². The van der Waals surface area contributed by atoms with Crippen LogP contribution in [0.25, 0.3) is 0 Å². The molecule has 0 saturated carbocycles. The lowest BCUT2D eigenvalue weighted by atomic mass is 10.1. The Kier molecular flexibility index (Phi) is 4.10. The van der Waals surface area contributed by atoms with Gasteiger partial charge in [-0.25, -0.2) is 0 Å². The molecule has 0 aliphatic carbocycles. The maximum atomic E-state index is 12.5. The molecule has 1 fully saturated rings. The fraction of sp³-hybridized carbons (Fsp3) is 0.533. The molecule has 2 atom stereocenters. The average Bonchev–Trinajstić information content (AvgIpc) is 2.37. The predicted molar refractivity (Wildman–Crippen MR) is 76.7 cm³/mol. The lowest BCUT2D eigenvalue weighted by molar-refractivity contribution is -0.0586. The SMILES string of the molecule is CC1CN(C(=O)c2cccc(N(C)C)c2)CC(C)O1. The lowest BCUT2D eigenvalue weighted by Crippen LogP contribution is -2.48. The topological polar surface area (TPSA) is 32.8 Å². The Bertz CT molecular complexity index is 449. The van der Waals surface area contributed by atoms with Gasteiger partial charge in [0, 0.05) is 38.4 Å². The minimum Gasteiger partial charge on any atom is -0.378 e. The van der Waals surface area contributed by atoms with Crippen LogP contribution in [0.3, 0.4) is 0 Å². The number of morpholine rings is 1. The Balaban J connectivity index is 2.17. The number of anilines is 1. The molecule has 1 aromatic rings. The maximum Gasteiger partial charge on any atom is 0.254 e. The molecule has 19 heavy (non-hydrogen) atoms. The first-order chi connectivity index (χ1) is 8.97. The molecular weight excluding hydrogens is 240 g/mol. The zero-order chi connectivity index (χ0) is 14.0. The van der Waals surface area contributed by atoms with Gasteiger partial charge in [-0.3, -0.25) is 4.79 Å². The van der Waals surface area contributed by atoms with Crippen molar-refractivity contribution < 1.29 is 9.53 Å². The second-order valence-electron chi connectivity index (χ2n) is 5.41. The lowest BCUT2D eigenvalue weighted by Gasteiger charge is -2.35. The van der Waals surface area contributed by atoms with E-state index in [-0.39, 0.29) is 18.1 Å². The van der Waals surface area contributed by atoms with Crippen LogP contribution in [0.1, 0.15) is 24.2 Å². The molecular formula is C15H22N2O2. The Hall–Kier alpha value is -1.55. The second kappa shape index (κ2) is 5.61. The van der Waals surface area contributed by atoms with Crippen LogP contribution in [0, 0.1) is 0 Å². The summed E-state index contributed by atoms with van der Waals surface area (Å²) in [5, 5.41) is 0. The summed E-state index contributed by atoms with van der Waals surface area (Å²) < 4.78 is 5.66. The zero-order valence-corrected chi connectivity index (χ0v) is 12.1. The number of amides is 1. The third-order valence-corrected chi connectivity index (χ3v) is 3.32. The number of hydrogen-bond acceptors (Lipinski definition) is 3. The Labute approximate surface area is 115 Å². The third kappa shape index (κ3) is 3.26. The normalized spacial score (nSPS) is 23.3. The summed E-state index contributed by atoms with van der Waals surface area (Å²) in [6.45, 7) is 5.34. The minimum atomic E-state index is 0.0886. The first-order valence-electron chi connectivity index (χ1n) is 6.69. The highest BCUT2D eigenvalue weighted by molar-refractivity contribution is 5.95. The molecule has 0 N–H and O–H groups in total. The molecule has 4 heteroatoms. The summed E-state index contributed by atoms with van der Waals surface area (Å²) in [6, 6.07) is 7.74. The fourth-order valence-electron chi connectivity index (χ4n) is 2.44. The van der Waals surface area contributed by atoms with E-state index >= 15 is 0 Å². The minimum absolute atomic E-state index is 0.0886. The monoisotopic (exact) mass is 262 g/mol. The molecule has 0 aromatic heterocycles. The van der Waals surface area contributed by atoms with Crippen LogP contribution < -0.4 is 4.90 Å². The van der Waals surface area contributed by atoms with Gasteiger partial charge >= 0.3 is 0 Å². The molecule has 0 spiro atoms. The largest absolute Gasteiger partial charge is 0.378 e. The van der Waals surface area contributed by atoms with E-state index in [2.05, 4.69) is 0 Å². The predicted octanol–water partition coefficient (Wildman–Crippen LogP) is 2.00. The van der Waals surface area contributed by atoms with Crippen molar-refractivity contribution in [3.8, 4) is 0 Å². The summed E-state index contributed by atoms with van der Waals surface area (Å²) in [7, 11) is 3.95. The van der Waals surface area contributed by atoms with E-state index in [1.807, 2.05) is 62.0 Å². The van der Waals surface area contributed by atoms with Crippen LogP contribution in [0.5, 0.6) is 0 Å². The van der Waals surface area contributed by atoms with Gasteiger partial charge in [0.1, 0.15) is 0 Å². The Morgan fingerprint density at radius 2 is 1.89 bits per heavy atom.